The van der Waals surface area contributed by atoms with Crippen molar-refractivity contribution in [3.8, 4) is 0 Å². The van der Waals surface area contributed by atoms with Gasteiger partial charge in [0.1, 0.15) is 10.7 Å². The number of Topliss-reactive ketones (excluding diaryl/α,β-unsaturated/α-hetero) is 1. The van der Waals surface area contributed by atoms with E-state index in [0.29, 0.717) is 23.0 Å². The standard InChI is InChI=1S/C26H34O3S/c1-3-4-5-6-8-19-11-13-21(14-12-19)25-20(15-17-23(25)27)9-7-10-22-16-18-24(30-22)26(28)29-2/h11-14,16,18,20,25H,3-10,15,17H2,1-2H3. The maximum atomic E-state index is 12.6. The van der Waals surface area contributed by atoms with Crippen molar-refractivity contribution in [3.63, 3.8) is 0 Å². The molecule has 1 aliphatic rings. The summed E-state index contributed by atoms with van der Waals surface area (Å²) in [6.45, 7) is 2.24. The predicted octanol–water partition coefficient (Wildman–Crippen LogP) is 6.74. The van der Waals surface area contributed by atoms with Crippen LogP contribution in [0.2, 0.25) is 0 Å². The molecule has 0 aliphatic heterocycles. The van der Waals surface area contributed by atoms with Gasteiger partial charge in [0, 0.05) is 17.2 Å². The summed E-state index contributed by atoms with van der Waals surface area (Å²) in [5, 5.41) is 0. The molecule has 3 nitrogen and oxygen atoms in total. The van der Waals surface area contributed by atoms with Crippen molar-refractivity contribution in [2.75, 3.05) is 7.11 Å². The second-order valence-corrected chi connectivity index (χ2v) is 9.61. The average Bonchev–Trinajstić information content (AvgIpc) is 3.38. The molecule has 0 spiro atoms. The quantitative estimate of drug-likeness (QED) is 0.295. The van der Waals surface area contributed by atoms with Gasteiger partial charge in [-0.1, -0.05) is 50.5 Å². The lowest BCUT2D eigenvalue weighted by Gasteiger charge is -2.19. The number of unbranched alkanes of at least 4 members (excludes halogenated alkanes) is 3. The number of methoxy groups -OCH3 is 1. The number of carbonyl (C=O) groups excluding carboxylic acids is 2. The van der Waals surface area contributed by atoms with Crippen molar-refractivity contribution in [1.82, 2.24) is 0 Å². The second-order valence-electron chi connectivity index (χ2n) is 8.44. The minimum absolute atomic E-state index is 0.0631. The van der Waals surface area contributed by atoms with Crippen LogP contribution in [0.25, 0.3) is 0 Å². The Kier molecular flexibility index (Phi) is 8.68. The molecule has 0 amide bonds. The minimum atomic E-state index is -0.262. The number of aryl methyl sites for hydroxylation is 2. The van der Waals surface area contributed by atoms with E-state index in [2.05, 4.69) is 31.2 Å². The van der Waals surface area contributed by atoms with Gasteiger partial charge < -0.3 is 4.74 Å². The van der Waals surface area contributed by atoms with Gasteiger partial charge in [0.25, 0.3) is 0 Å². The predicted molar refractivity (Wildman–Crippen MR) is 123 cm³/mol. The normalized spacial score (nSPS) is 18.7. The molecular weight excluding hydrogens is 392 g/mol. The average molecular weight is 427 g/mol. The molecule has 2 atom stereocenters. The smallest absolute Gasteiger partial charge is 0.348 e. The fourth-order valence-electron chi connectivity index (χ4n) is 4.59. The van der Waals surface area contributed by atoms with E-state index in [1.165, 1.54) is 60.1 Å². The number of benzene rings is 1. The Morgan fingerprint density at radius 3 is 2.57 bits per heavy atom. The first-order valence-electron chi connectivity index (χ1n) is 11.4. The molecule has 2 aromatic rings. The van der Waals surface area contributed by atoms with Crippen molar-refractivity contribution in [1.29, 1.82) is 0 Å². The highest BCUT2D eigenvalue weighted by Crippen LogP contribution is 2.40. The third-order valence-electron chi connectivity index (χ3n) is 6.28. The molecule has 0 bridgehead atoms. The van der Waals surface area contributed by atoms with Gasteiger partial charge in [-0.2, -0.15) is 0 Å². The van der Waals surface area contributed by atoms with Crippen molar-refractivity contribution in [2.24, 2.45) is 5.92 Å². The Morgan fingerprint density at radius 1 is 1.03 bits per heavy atom. The van der Waals surface area contributed by atoms with E-state index in [0.717, 1.165) is 32.1 Å². The molecule has 0 saturated heterocycles. The Labute approximate surface area is 184 Å². The van der Waals surface area contributed by atoms with Gasteiger partial charge in [-0.15, -0.1) is 11.3 Å². The van der Waals surface area contributed by atoms with Crippen LogP contribution in [0, 0.1) is 5.92 Å². The van der Waals surface area contributed by atoms with E-state index >= 15 is 0 Å². The lowest BCUT2D eigenvalue weighted by Crippen LogP contribution is -2.13. The van der Waals surface area contributed by atoms with Crippen LogP contribution < -0.4 is 0 Å². The van der Waals surface area contributed by atoms with Crippen LogP contribution in [-0.2, 0) is 22.4 Å². The lowest BCUT2D eigenvalue weighted by molar-refractivity contribution is -0.119. The molecule has 1 fully saturated rings. The molecule has 0 radical (unpaired) electrons. The molecule has 1 aromatic carbocycles. The van der Waals surface area contributed by atoms with Crippen molar-refractivity contribution >= 4 is 23.1 Å². The zero-order valence-electron chi connectivity index (χ0n) is 18.3. The molecule has 1 aromatic heterocycles. The number of ether oxygens (including phenoxy) is 1. The van der Waals surface area contributed by atoms with Gasteiger partial charge in [0.2, 0.25) is 0 Å². The summed E-state index contributed by atoms with van der Waals surface area (Å²) in [5.74, 6) is 0.641. The molecule has 3 rings (SSSR count). The maximum absolute atomic E-state index is 12.6. The molecule has 0 N–H and O–H groups in total. The highest BCUT2D eigenvalue weighted by Gasteiger charge is 2.35. The lowest BCUT2D eigenvalue weighted by atomic mass is 9.84. The van der Waals surface area contributed by atoms with Gasteiger partial charge in [-0.25, -0.2) is 4.79 Å². The van der Waals surface area contributed by atoms with Crippen LogP contribution in [0.4, 0.5) is 0 Å². The monoisotopic (exact) mass is 426 g/mol. The molecule has 1 saturated carbocycles. The Hall–Kier alpha value is -1.94. The minimum Gasteiger partial charge on any atom is -0.465 e. The molecule has 162 valence electrons. The first-order valence-corrected chi connectivity index (χ1v) is 12.2. The van der Waals surface area contributed by atoms with Crippen LogP contribution in [0.5, 0.6) is 0 Å². The molecular formula is C26H34O3S. The highest BCUT2D eigenvalue weighted by atomic mass is 32.1. The summed E-state index contributed by atoms with van der Waals surface area (Å²) >= 11 is 1.52. The first kappa shape index (κ1) is 22.7. The van der Waals surface area contributed by atoms with E-state index in [1.807, 2.05) is 12.1 Å². The van der Waals surface area contributed by atoms with Crippen LogP contribution in [0.1, 0.15) is 89.9 Å². The molecule has 1 heterocycles. The third kappa shape index (κ3) is 6.04. The van der Waals surface area contributed by atoms with Crippen LogP contribution in [0.3, 0.4) is 0 Å². The van der Waals surface area contributed by atoms with E-state index in [1.54, 1.807) is 0 Å². The summed E-state index contributed by atoms with van der Waals surface area (Å²) < 4.78 is 4.78. The number of rotatable bonds is 11. The Bertz CT molecular complexity index is 821. The van der Waals surface area contributed by atoms with E-state index in [9.17, 15) is 9.59 Å². The van der Waals surface area contributed by atoms with Crippen molar-refractivity contribution in [2.45, 2.75) is 77.0 Å². The molecule has 1 aliphatic carbocycles. The number of esters is 1. The topological polar surface area (TPSA) is 43.4 Å². The summed E-state index contributed by atoms with van der Waals surface area (Å²) in [7, 11) is 1.41. The van der Waals surface area contributed by atoms with Gasteiger partial charge in [0.05, 0.1) is 7.11 Å². The summed E-state index contributed by atoms with van der Waals surface area (Å²) in [6, 6.07) is 12.7. The Morgan fingerprint density at radius 2 is 1.83 bits per heavy atom. The van der Waals surface area contributed by atoms with Crippen LogP contribution in [0.15, 0.2) is 36.4 Å². The molecule has 30 heavy (non-hydrogen) atoms. The number of hydrogen-bond donors (Lipinski definition) is 0. The van der Waals surface area contributed by atoms with E-state index < -0.39 is 0 Å². The van der Waals surface area contributed by atoms with Crippen LogP contribution in [-0.4, -0.2) is 18.9 Å². The summed E-state index contributed by atoms with van der Waals surface area (Å²) in [4.78, 5) is 26.1. The SMILES string of the molecule is CCCCCCc1ccc(C2C(=O)CCC2CCCc2ccc(C(=O)OC)s2)cc1. The van der Waals surface area contributed by atoms with Gasteiger partial charge >= 0.3 is 5.97 Å². The highest BCUT2D eigenvalue weighted by molar-refractivity contribution is 7.13. The summed E-state index contributed by atoms with van der Waals surface area (Å²) in [5.41, 5.74) is 2.58. The van der Waals surface area contributed by atoms with Gasteiger partial charge in [-0.05, 0) is 67.7 Å². The number of ketones is 1. The largest absolute Gasteiger partial charge is 0.465 e. The zero-order valence-corrected chi connectivity index (χ0v) is 19.1. The number of thiophene rings is 1. The fourth-order valence-corrected chi connectivity index (χ4v) is 5.56. The molecule has 2 unspecified atom stereocenters. The third-order valence-corrected chi connectivity index (χ3v) is 7.41. The summed E-state index contributed by atoms with van der Waals surface area (Å²) in [6.07, 6.45) is 11.0. The Balaban J connectivity index is 1.52. The first-order chi connectivity index (χ1) is 14.6. The molecule has 4 heteroatoms. The zero-order chi connectivity index (χ0) is 21.3. The number of hydrogen-bond acceptors (Lipinski definition) is 4. The van der Waals surface area contributed by atoms with Crippen LogP contribution >= 0.6 is 11.3 Å². The number of carbonyl (C=O) groups is 2. The van der Waals surface area contributed by atoms with Gasteiger partial charge in [-0.3, -0.25) is 4.79 Å². The maximum Gasteiger partial charge on any atom is 0.348 e. The van der Waals surface area contributed by atoms with Crippen molar-refractivity contribution < 1.29 is 14.3 Å². The van der Waals surface area contributed by atoms with E-state index in [4.69, 9.17) is 4.74 Å². The fraction of sp³-hybridized carbons (Fsp3) is 0.538. The second kappa shape index (κ2) is 11.5. The van der Waals surface area contributed by atoms with E-state index in [-0.39, 0.29) is 11.9 Å². The van der Waals surface area contributed by atoms with Gasteiger partial charge in [0.15, 0.2) is 0 Å². The van der Waals surface area contributed by atoms with Crippen molar-refractivity contribution in [3.05, 3.63) is 57.3 Å².